The van der Waals surface area contributed by atoms with Gasteiger partial charge >= 0.3 is 6.09 Å². The van der Waals surface area contributed by atoms with Gasteiger partial charge in [0.05, 0.1) is 0 Å². The number of hydrogen-bond donors (Lipinski definition) is 1. The van der Waals surface area contributed by atoms with Crippen LogP contribution in [0.3, 0.4) is 0 Å². The molecule has 1 aliphatic heterocycles. The highest BCUT2D eigenvalue weighted by Crippen LogP contribution is 1.91. The van der Waals surface area contributed by atoms with Crippen LogP contribution in [-0.2, 0) is 9.53 Å². The summed E-state index contributed by atoms with van der Waals surface area (Å²) in [6.45, 7) is 0.0809. The summed E-state index contributed by atoms with van der Waals surface area (Å²) in [6.07, 6.45) is -0.296. The fraction of sp³-hybridized carbons (Fsp3) is 0.333. The molecule has 0 aromatic rings. The molecule has 0 bridgehead atoms. The van der Waals surface area contributed by atoms with Crippen molar-refractivity contribution in [1.29, 1.82) is 0 Å². The monoisotopic (exact) mass is 116 g/mol. The fourth-order valence-corrected chi connectivity index (χ4v) is 0.378. The van der Waals surface area contributed by atoms with Crippen LogP contribution in [0.5, 0.6) is 0 Å². The van der Waals surface area contributed by atoms with E-state index in [0.717, 1.165) is 5.01 Å². The van der Waals surface area contributed by atoms with Crippen molar-refractivity contribution in [2.45, 2.75) is 0 Å². The molecule has 0 aromatic carbocycles. The summed E-state index contributed by atoms with van der Waals surface area (Å²) < 4.78 is 4.30. The molecule has 8 heavy (non-hydrogen) atoms. The third-order valence-corrected chi connectivity index (χ3v) is 0.733. The van der Waals surface area contributed by atoms with Gasteiger partial charge in [-0.25, -0.2) is 4.79 Å². The minimum absolute atomic E-state index is 0.0809. The van der Waals surface area contributed by atoms with Crippen molar-refractivity contribution in [2.24, 2.45) is 0 Å². The Balaban J connectivity index is 2.54. The first-order valence-corrected chi connectivity index (χ1v) is 1.99. The first kappa shape index (κ1) is 5.04. The lowest BCUT2D eigenvalue weighted by molar-refractivity contribution is -0.116. The lowest BCUT2D eigenvalue weighted by Crippen LogP contribution is -2.31. The summed E-state index contributed by atoms with van der Waals surface area (Å²) in [5, 5.41) is 0.736. The highest BCUT2D eigenvalue weighted by atomic mass is 16.6. The first-order chi connectivity index (χ1) is 3.84. The number of nitrogens with zero attached hydrogens (tertiary/aromatic N) is 1. The normalized spacial score (nSPS) is 18.5. The Morgan fingerprint density at radius 3 is 2.88 bits per heavy atom. The molecule has 1 N–H and O–H groups in total. The molecule has 5 nitrogen and oxygen atoms in total. The van der Waals surface area contributed by atoms with Crippen LogP contribution in [-0.4, -0.2) is 24.2 Å². The van der Waals surface area contributed by atoms with Gasteiger partial charge in [0, 0.05) is 0 Å². The van der Waals surface area contributed by atoms with Gasteiger partial charge in [-0.3, -0.25) is 4.79 Å². The number of carbonyl (C=O) groups excluding carboxylic acids is 2. The van der Waals surface area contributed by atoms with Crippen LogP contribution < -0.4 is 5.43 Å². The van der Waals surface area contributed by atoms with Crippen LogP contribution >= 0.6 is 0 Å². The molecule has 1 saturated heterocycles. The molecule has 0 spiro atoms. The summed E-state index contributed by atoms with van der Waals surface area (Å²) in [6, 6.07) is 0. The van der Waals surface area contributed by atoms with E-state index in [4.69, 9.17) is 0 Å². The standard InChI is InChI=1S/C3H4N2O3/c6-2-5-3(7)8-1-4-5/h2,4H,1H2. The van der Waals surface area contributed by atoms with Crippen molar-refractivity contribution in [2.75, 3.05) is 6.73 Å². The van der Waals surface area contributed by atoms with Gasteiger partial charge in [0.15, 0.2) is 6.73 Å². The predicted octanol–water partition coefficient (Wildman–Crippen LogP) is -0.943. The Morgan fingerprint density at radius 1 is 1.88 bits per heavy atom. The van der Waals surface area contributed by atoms with Gasteiger partial charge in [0.2, 0.25) is 6.41 Å². The van der Waals surface area contributed by atoms with Gasteiger partial charge in [0.1, 0.15) is 0 Å². The first-order valence-electron chi connectivity index (χ1n) is 1.99. The maximum atomic E-state index is 10.2. The van der Waals surface area contributed by atoms with E-state index in [0.29, 0.717) is 6.41 Å². The quantitative estimate of drug-likeness (QED) is 0.449. The van der Waals surface area contributed by atoms with Gasteiger partial charge in [-0.15, -0.1) is 0 Å². The molecule has 44 valence electrons. The zero-order valence-corrected chi connectivity index (χ0v) is 3.96. The van der Waals surface area contributed by atoms with Crippen LogP contribution in [0.1, 0.15) is 0 Å². The molecule has 5 heteroatoms. The van der Waals surface area contributed by atoms with Crippen molar-refractivity contribution in [3.8, 4) is 0 Å². The molecule has 1 heterocycles. The van der Waals surface area contributed by atoms with E-state index in [2.05, 4.69) is 10.2 Å². The van der Waals surface area contributed by atoms with E-state index < -0.39 is 6.09 Å². The van der Waals surface area contributed by atoms with Gasteiger partial charge in [-0.1, -0.05) is 0 Å². The molecule has 0 atom stereocenters. The zero-order chi connectivity index (χ0) is 5.98. The summed E-state index contributed by atoms with van der Waals surface area (Å²) in [5.74, 6) is 0. The van der Waals surface area contributed by atoms with Crippen molar-refractivity contribution < 1.29 is 14.3 Å². The lowest BCUT2D eigenvalue weighted by atomic mass is 11.0. The second-order valence-electron chi connectivity index (χ2n) is 1.19. The molecular formula is C3H4N2O3. The molecule has 0 radical (unpaired) electrons. The second kappa shape index (κ2) is 1.79. The van der Waals surface area contributed by atoms with E-state index in [-0.39, 0.29) is 6.73 Å². The van der Waals surface area contributed by atoms with E-state index >= 15 is 0 Å². The Hall–Kier alpha value is -1.10. The smallest absolute Gasteiger partial charge is 0.430 e. The number of nitrogens with one attached hydrogen (secondary N) is 1. The van der Waals surface area contributed by atoms with Gasteiger partial charge in [-0.05, 0) is 0 Å². The Labute approximate surface area is 45.2 Å². The lowest BCUT2D eigenvalue weighted by Gasteiger charge is -1.97. The van der Waals surface area contributed by atoms with Crippen molar-refractivity contribution in [3.63, 3.8) is 0 Å². The SMILES string of the molecule is O=CN1NCOC1=O. The van der Waals surface area contributed by atoms with Crippen molar-refractivity contribution >= 4 is 12.5 Å². The number of carbonyl (C=O) groups is 2. The number of amides is 2. The van der Waals surface area contributed by atoms with Crippen LogP contribution in [0.2, 0.25) is 0 Å². The highest BCUT2D eigenvalue weighted by Gasteiger charge is 2.19. The molecule has 2 amide bonds. The maximum absolute atomic E-state index is 10.2. The number of imide groups is 1. The van der Waals surface area contributed by atoms with E-state index in [1.165, 1.54) is 0 Å². The maximum Gasteiger partial charge on any atom is 0.432 e. The topological polar surface area (TPSA) is 58.6 Å². The van der Waals surface area contributed by atoms with Crippen LogP contribution in [0.25, 0.3) is 0 Å². The van der Waals surface area contributed by atoms with Crippen molar-refractivity contribution in [3.05, 3.63) is 0 Å². The fourth-order valence-electron chi connectivity index (χ4n) is 0.378. The third-order valence-electron chi connectivity index (χ3n) is 0.733. The van der Waals surface area contributed by atoms with Gasteiger partial charge < -0.3 is 4.74 Å². The molecule has 0 saturated carbocycles. The Kier molecular flexibility index (Phi) is 1.13. The second-order valence-corrected chi connectivity index (χ2v) is 1.19. The van der Waals surface area contributed by atoms with Gasteiger partial charge in [-0.2, -0.15) is 10.4 Å². The van der Waals surface area contributed by atoms with Crippen LogP contribution in [0.15, 0.2) is 0 Å². The molecule has 0 aliphatic carbocycles. The zero-order valence-electron chi connectivity index (χ0n) is 3.96. The molecule has 1 aliphatic rings. The number of hydrogen-bond acceptors (Lipinski definition) is 4. The average molecular weight is 116 g/mol. The minimum atomic E-state index is -0.653. The van der Waals surface area contributed by atoms with E-state index in [9.17, 15) is 9.59 Å². The summed E-state index contributed by atoms with van der Waals surface area (Å²) >= 11 is 0. The number of rotatable bonds is 1. The van der Waals surface area contributed by atoms with Crippen LogP contribution in [0.4, 0.5) is 4.79 Å². The predicted molar refractivity (Wildman–Crippen MR) is 22.4 cm³/mol. The van der Waals surface area contributed by atoms with Crippen molar-refractivity contribution in [1.82, 2.24) is 10.4 Å². The highest BCUT2D eigenvalue weighted by molar-refractivity contribution is 5.80. The minimum Gasteiger partial charge on any atom is -0.430 e. The van der Waals surface area contributed by atoms with Gasteiger partial charge in [0.25, 0.3) is 0 Å². The summed E-state index contributed by atoms with van der Waals surface area (Å²) in [5.41, 5.74) is 2.35. The Bertz CT molecular complexity index is 124. The third kappa shape index (κ3) is 0.627. The summed E-state index contributed by atoms with van der Waals surface area (Å²) in [4.78, 5) is 20.0. The number of hydrazine groups is 1. The molecule has 1 fully saturated rings. The molecule has 1 rings (SSSR count). The number of ether oxygens (including phenoxy) is 1. The average Bonchev–Trinajstić information content (AvgIpc) is 2.14. The van der Waals surface area contributed by atoms with E-state index in [1.54, 1.807) is 0 Å². The van der Waals surface area contributed by atoms with E-state index in [1.807, 2.05) is 0 Å². The summed E-state index contributed by atoms with van der Waals surface area (Å²) in [7, 11) is 0. The molecule has 0 aromatic heterocycles. The molecular weight excluding hydrogens is 112 g/mol. The van der Waals surface area contributed by atoms with Crippen LogP contribution in [0, 0.1) is 0 Å². The number of cyclic esters (lactones) is 1. The largest absolute Gasteiger partial charge is 0.432 e. The Morgan fingerprint density at radius 2 is 2.62 bits per heavy atom. The molecule has 0 unspecified atom stereocenters.